The van der Waals surface area contributed by atoms with Crippen LogP contribution in [-0.2, 0) is 14.3 Å². The van der Waals surface area contributed by atoms with Crippen molar-refractivity contribution in [3.05, 3.63) is 69.7 Å². The SMILES string of the molecule is COC(=O)C(O)c1ccccc1Cl.O=C(O)[C@@H](O)c1ccccc1Cl. The van der Waals surface area contributed by atoms with E-state index in [1.807, 2.05) is 0 Å². The molecule has 8 heteroatoms. The number of esters is 1. The maximum absolute atomic E-state index is 10.9. The van der Waals surface area contributed by atoms with Gasteiger partial charge in [-0.3, -0.25) is 0 Å². The van der Waals surface area contributed by atoms with Crippen molar-refractivity contribution in [2.24, 2.45) is 0 Å². The molecule has 0 aromatic heterocycles. The molecule has 2 aromatic carbocycles. The molecule has 0 fully saturated rings. The number of aliphatic hydroxyl groups excluding tert-OH is 2. The van der Waals surface area contributed by atoms with E-state index in [2.05, 4.69) is 4.74 Å². The standard InChI is InChI=1S/C9H9ClO3.C8H7ClO3/c1-13-9(12)8(11)6-4-2-3-5-7(6)10;9-6-4-2-1-3-5(6)7(10)8(11)12/h2-5,8,11H,1H3;1-4,7,10H,(H,11,12)/t;7-/m.0/s1. The number of aliphatic hydroxyl groups is 2. The van der Waals surface area contributed by atoms with E-state index in [-0.39, 0.29) is 10.6 Å². The lowest BCUT2D eigenvalue weighted by molar-refractivity contribution is -0.150. The number of halogens is 2. The first-order valence-corrected chi connectivity index (χ1v) is 7.70. The molecular weight excluding hydrogens is 371 g/mol. The number of ether oxygens (including phenoxy) is 1. The molecule has 0 saturated carbocycles. The van der Waals surface area contributed by atoms with E-state index in [4.69, 9.17) is 33.4 Å². The van der Waals surface area contributed by atoms with Gasteiger partial charge in [-0.2, -0.15) is 0 Å². The Morgan fingerprint density at radius 3 is 1.64 bits per heavy atom. The zero-order valence-electron chi connectivity index (χ0n) is 13.1. The number of carbonyl (C=O) groups excluding carboxylic acids is 1. The van der Waals surface area contributed by atoms with Gasteiger partial charge in [0.1, 0.15) is 0 Å². The third-order valence-corrected chi connectivity index (χ3v) is 3.75. The Balaban J connectivity index is 0.000000251. The number of hydrogen-bond donors (Lipinski definition) is 3. The summed E-state index contributed by atoms with van der Waals surface area (Å²) in [6.07, 6.45) is -2.85. The van der Waals surface area contributed by atoms with Crippen LogP contribution in [0.3, 0.4) is 0 Å². The normalized spacial score (nSPS) is 12.4. The summed E-state index contributed by atoms with van der Waals surface area (Å²) < 4.78 is 4.37. The van der Waals surface area contributed by atoms with Crippen molar-refractivity contribution in [2.45, 2.75) is 12.2 Å². The van der Waals surface area contributed by atoms with Crippen molar-refractivity contribution in [1.29, 1.82) is 0 Å². The Labute approximate surface area is 154 Å². The fourth-order valence-electron chi connectivity index (χ4n) is 1.77. The molecule has 0 aliphatic heterocycles. The number of benzene rings is 2. The molecule has 0 amide bonds. The van der Waals surface area contributed by atoms with Gasteiger partial charge < -0.3 is 20.1 Å². The molecule has 6 nitrogen and oxygen atoms in total. The fraction of sp³-hybridized carbons (Fsp3) is 0.176. The topological polar surface area (TPSA) is 104 Å². The molecule has 2 rings (SSSR count). The second kappa shape index (κ2) is 10.0. The first-order valence-electron chi connectivity index (χ1n) is 6.95. The smallest absolute Gasteiger partial charge is 0.339 e. The molecule has 0 saturated heterocycles. The maximum atomic E-state index is 10.9. The summed E-state index contributed by atoms with van der Waals surface area (Å²) in [5.41, 5.74) is 0.572. The van der Waals surface area contributed by atoms with E-state index in [0.717, 1.165) is 0 Å². The van der Waals surface area contributed by atoms with Crippen LogP contribution >= 0.6 is 23.2 Å². The van der Waals surface area contributed by atoms with Crippen molar-refractivity contribution in [2.75, 3.05) is 7.11 Å². The van der Waals surface area contributed by atoms with Gasteiger partial charge in [-0.05, 0) is 12.1 Å². The average molecular weight is 387 g/mol. The van der Waals surface area contributed by atoms with Gasteiger partial charge in [-0.1, -0.05) is 59.6 Å². The molecule has 0 aliphatic carbocycles. The molecule has 0 spiro atoms. The Morgan fingerprint density at radius 1 is 0.880 bits per heavy atom. The molecule has 0 radical (unpaired) electrons. The number of carboxylic acid groups (broad SMARTS) is 1. The van der Waals surface area contributed by atoms with Crippen molar-refractivity contribution in [3.63, 3.8) is 0 Å². The minimum Gasteiger partial charge on any atom is -0.479 e. The van der Waals surface area contributed by atoms with Crippen molar-refractivity contribution in [3.8, 4) is 0 Å². The Morgan fingerprint density at radius 2 is 1.28 bits per heavy atom. The number of rotatable bonds is 4. The van der Waals surface area contributed by atoms with E-state index >= 15 is 0 Å². The summed E-state index contributed by atoms with van der Waals surface area (Å²) in [5, 5.41) is 27.6. The largest absolute Gasteiger partial charge is 0.479 e. The van der Waals surface area contributed by atoms with Crippen LogP contribution < -0.4 is 0 Å². The van der Waals surface area contributed by atoms with Gasteiger partial charge in [-0.25, -0.2) is 9.59 Å². The van der Waals surface area contributed by atoms with E-state index < -0.39 is 24.1 Å². The summed E-state index contributed by atoms with van der Waals surface area (Å²) in [5.74, 6) is -2.02. The molecule has 0 bridgehead atoms. The van der Waals surface area contributed by atoms with E-state index in [1.54, 1.807) is 36.4 Å². The molecular formula is C17H16Cl2O6. The highest BCUT2D eigenvalue weighted by molar-refractivity contribution is 6.31. The number of methoxy groups -OCH3 is 1. The fourth-order valence-corrected chi connectivity index (χ4v) is 2.24. The Hall–Kier alpha value is -2.12. The average Bonchev–Trinajstić information content (AvgIpc) is 2.61. The van der Waals surface area contributed by atoms with Crippen LogP contribution in [0.4, 0.5) is 0 Å². The highest BCUT2D eigenvalue weighted by atomic mass is 35.5. The van der Waals surface area contributed by atoms with Crippen LogP contribution in [0.1, 0.15) is 23.3 Å². The molecule has 25 heavy (non-hydrogen) atoms. The molecule has 0 aliphatic rings. The Kier molecular flexibility index (Phi) is 8.37. The summed E-state index contributed by atoms with van der Waals surface area (Å²) in [4.78, 5) is 21.3. The van der Waals surface area contributed by atoms with E-state index in [1.165, 1.54) is 19.2 Å². The van der Waals surface area contributed by atoms with Crippen LogP contribution in [-0.4, -0.2) is 34.4 Å². The summed E-state index contributed by atoms with van der Waals surface area (Å²) in [6, 6.07) is 12.9. The predicted molar refractivity (Wildman–Crippen MR) is 92.5 cm³/mol. The van der Waals surface area contributed by atoms with Crippen molar-refractivity contribution >= 4 is 35.1 Å². The first-order chi connectivity index (χ1) is 11.8. The maximum Gasteiger partial charge on any atom is 0.339 e. The summed E-state index contributed by atoms with van der Waals surface area (Å²) in [7, 11) is 1.21. The minimum absolute atomic E-state index is 0.215. The summed E-state index contributed by atoms with van der Waals surface area (Å²) in [6.45, 7) is 0. The number of aliphatic carboxylic acids is 1. The number of carbonyl (C=O) groups is 2. The molecule has 2 atom stereocenters. The lowest BCUT2D eigenvalue weighted by Crippen LogP contribution is -2.13. The predicted octanol–water partition coefficient (Wildman–Crippen LogP) is 3.00. The van der Waals surface area contributed by atoms with Crippen LogP contribution in [0.5, 0.6) is 0 Å². The molecule has 134 valence electrons. The van der Waals surface area contributed by atoms with Gasteiger partial charge in [0.25, 0.3) is 0 Å². The monoisotopic (exact) mass is 386 g/mol. The van der Waals surface area contributed by atoms with Crippen molar-refractivity contribution < 1.29 is 29.6 Å². The van der Waals surface area contributed by atoms with E-state index in [9.17, 15) is 14.7 Å². The van der Waals surface area contributed by atoms with Gasteiger partial charge in [0.05, 0.1) is 7.11 Å². The number of carboxylic acids is 1. The van der Waals surface area contributed by atoms with Crippen molar-refractivity contribution in [1.82, 2.24) is 0 Å². The lowest BCUT2D eigenvalue weighted by atomic mass is 10.1. The second-order valence-corrected chi connectivity index (χ2v) is 5.52. The zero-order valence-corrected chi connectivity index (χ0v) is 14.6. The quantitative estimate of drug-likeness (QED) is 0.697. The van der Waals surface area contributed by atoms with E-state index in [0.29, 0.717) is 10.6 Å². The molecule has 0 heterocycles. The second-order valence-electron chi connectivity index (χ2n) is 4.71. The van der Waals surface area contributed by atoms with Gasteiger partial charge in [-0.15, -0.1) is 0 Å². The highest BCUT2D eigenvalue weighted by Gasteiger charge is 2.19. The van der Waals surface area contributed by atoms with Gasteiger partial charge in [0, 0.05) is 21.2 Å². The summed E-state index contributed by atoms with van der Waals surface area (Å²) >= 11 is 11.4. The third-order valence-electron chi connectivity index (χ3n) is 3.06. The highest BCUT2D eigenvalue weighted by Crippen LogP contribution is 2.23. The van der Waals surface area contributed by atoms with Gasteiger partial charge in [0.15, 0.2) is 12.2 Å². The third kappa shape index (κ3) is 6.03. The lowest BCUT2D eigenvalue weighted by Gasteiger charge is -2.09. The first kappa shape index (κ1) is 20.9. The van der Waals surface area contributed by atoms with Crippen LogP contribution in [0.2, 0.25) is 10.0 Å². The van der Waals surface area contributed by atoms with Gasteiger partial charge >= 0.3 is 11.9 Å². The molecule has 1 unspecified atom stereocenters. The van der Waals surface area contributed by atoms with Crippen LogP contribution in [0, 0.1) is 0 Å². The molecule has 3 N–H and O–H groups in total. The van der Waals surface area contributed by atoms with Crippen LogP contribution in [0.25, 0.3) is 0 Å². The minimum atomic E-state index is -1.54. The van der Waals surface area contributed by atoms with Gasteiger partial charge in [0.2, 0.25) is 0 Å². The molecule has 2 aromatic rings. The number of hydrogen-bond acceptors (Lipinski definition) is 5. The van der Waals surface area contributed by atoms with Crippen LogP contribution in [0.15, 0.2) is 48.5 Å². The Bertz CT molecular complexity index is 735. The zero-order chi connectivity index (χ0) is 19.0.